The number of carboxylic acids is 1. The minimum atomic E-state index is -1.04. The van der Waals surface area contributed by atoms with Gasteiger partial charge in [-0.3, -0.25) is 9.48 Å². The molecule has 27 heavy (non-hydrogen) atoms. The molecule has 0 radical (unpaired) electrons. The van der Waals surface area contributed by atoms with E-state index in [2.05, 4.69) is 10.4 Å². The molecule has 2 N–H and O–H groups in total. The first-order valence-electron chi connectivity index (χ1n) is 8.63. The van der Waals surface area contributed by atoms with E-state index in [4.69, 9.17) is 0 Å². The zero-order valence-corrected chi connectivity index (χ0v) is 15.3. The average molecular weight is 363 g/mol. The first kappa shape index (κ1) is 18.4. The maximum Gasteiger partial charge on any atom is 0.335 e. The maximum absolute atomic E-state index is 12.4. The van der Waals surface area contributed by atoms with Crippen LogP contribution in [0.3, 0.4) is 0 Å². The van der Waals surface area contributed by atoms with Crippen LogP contribution < -0.4 is 5.32 Å². The van der Waals surface area contributed by atoms with Gasteiger partial charge in [0.25, 0.3) is 0 Å². The number of carboxylic acid groups (broad SMARTS) is 1. The van der Waals surface area contributed by atoms with Gasteiger partial charge in [-0.15, -0.1) is 0 Å². The molecule has 0 saturated carbocycles. The van der Waals surface area contributed by atoms with Gasteiger partial charge in [-0.2, -0.15) is 5.10 Å². The van der Waals surface area contributed by atoms with E-state index >= 15 is 0 Å². The Bertz CT molecular complexity index is 992. The van der Waals surface area contributed by atoms with E-state index in [9.17, 15) is 14.7 Å². The predicted molar refractivity (Wildman–Crippen MR) is 103 cm³/mol. The number of amides is 1. The number of hydrogen-bond acceptors (Lipinski definition) is 3. The first-order chi connectivity index (χ1) is 12.9. The number of aromatic nitrogens is 2. The molecule has 0 aliphatic carbocycles. The van der Waals surface area contributed by atoms with Crippen LogP contribution in [0.15, 0.2) is 54.6 Å². The van der Waals surface area contributed by atoms with Crippen LogP contribution in [0.4, 0.5) is 5.69 Å². The minimum absolute atomic E-state index is 0.00413. The van der Waals surface area contributed by atoms with Gasteiger partial charge in [-0.25, -0.2) is 4.79 Å². The highest BCUT2D eigenvalue weighted by Crippen LogP contribution is 2.15. The second-order valence-electron chi connectivity index (χ2n) is 6.47. The number of hydrogen-bond donors (Lipinski definition) is 2. The van der Waals surface area contributed by atoms with Crippen molar-refractivity contribution in [3.05, 3.63) is 82.7 Å². The number of nitrogens with zero attached hydrogens (tertiary/aromatic N) is 2. The first-order valence-corrected chi connectivity index (χ1v) is 8.63. The van der Waals surface area contributed by atoms with Crippen molar-refractivity contribution in [1.82, 2.24) is 9.78 Å². The molecule has 1 amide bonds. The van der Waals surface area contributed by atoms with Crippen LogP contribution in [0.2, 0.25) is 0 Å². The third kappa shape index (κ3) is 4.61. The molecule has 0 saturated heterocycles. The van der Waals surface area contributed by atoms with Gasteiger partial charge >= 0.3 is 5.97 Å². The summed E-state index contributed by atoms with van der Waals surface area (Å²) in [7, 11) is 0. The molecule has 3 aromatic rings. The molecule has 0 aliphatic heterocycles. The van der Waals surface area contributed by atoms with E-state index in [-0.39, 0.29) is 17.9 Å². The number of anilines is 1. The molecule has 0 bridgehead atoms. The summed E-state index contributed by atoms with van der Waals surface area (Å²) in [6.45, 7) is 4.58. The van der Waals surface area contributed by atoms with Crippen LogP contribution in [0.5, 0.6) is 0 Å². The highest BCUT2D eigenvalue weighted by atomic mass is 16.4. The number of aromatic carboxylic acids is 1. The smallest absolute Gasteiger partial charge is 0.335 e. The van der Waals surface area contributed by atoms with Crippen molar-refractivity contribution in [3.8, 4) is 0 Å². The number of carbonyl (C=O) groups excluding carboxylic acids is 1. The van der Waals surface area contributed by atoms with Gasteiger partial charge in [0, 0.05) is 11.4 Å². The molecule has 6 heteroatoms. The highest BCUT2D eigenvalue weighted by molar-refractivity contribution is 5.96. The second-order valence-corrected chi connectivity index (χ2v) is 6.47. The second kappa shape index (κ2) is 7.86. The number of aryl methyl sites for hydroxylation is 2. The molecular weight excluding hydrogens is 342 g/mol. The van der Waals surface area contributed by atoms with Gasteiger partial charge in [0.1, 0.15) is 0 Å². The van der Waals surface area contributed by atoms with Crippen LogP contribution in [-0.2, 0) is 17.8 Å². The van der Waals surface area contributed by atoms with Gasteiger partial charge in [-0.1, -0.05) is 30.3 Å². The Labute approximate surface area is 157 Å². The third-order valence-electron chi connectivity index (χ3n) is 4.25. The van der Waals surface area contributed by atoms with Crippen LogP contribution in [0.1, 0.15) is 32.9 Å². The Kier molecular flexibility index (Phi) is 5.35. The molecular formula is C21H21N3O3. The lowest BCUT2D eigenvalue weighted by molar-refractivity contribution is -0.115. The molecule has 2 aromatic carbocycles. The number of benzene rings is 2. The van der Waals surface area contributed by atoms with Crippen LogP contribution in [0, 0.1) is 13.8 Å². The van der Waals surface area contributed by atoms with Gasteiger partial charge in [0.15, 0.2) is 0 Å². The van der Waals surface area contributed by atoms with Crippen LogP contribution >= 0.6 is 0 Å². The summed E-state index contributed by atoms with van der Waals surface area (Å²) >= 11 is 0. The summed E-state index contributed by atoms with van der Waals surface area (Å²) in [6.07, 6.45) is 0.00413. The lowest BCUT2D eigenvalue weighted by atomic mass is 10.0. The highest BCUT2D eigenvalue weighted by Gasteiger charge is 2.13. The van der Waals surface area contributed by atoms with Crippen molar-refractivity contribution >= 4 is 17.6 Å². The van der Waals surface area contributed by atoms with E-state index in [0.29, 0.717) is 17.8 Å². The summed E-state index contributed by atoms with van der Waals surface area (Å²) in [4.78, 5) is 23.6. The Morgan fingerprint density at radius 1 is 1.07 bits per heavy atom. The molecule has 0 unspecified atom stereocenters. The van der Waals surface area contributed by atoms with Crippen molar-refractivity contribution in [1.29, 1.82) is 0 Å². The molecule has 0 spiro atoms. The quantitative estimate of drug-likeness (QED) is 0.703. The lowest BCUT2D eigenvalue weighted by Gasteiger charge is -2.10. The summed E-state index contributed by atoms with van der Waals surface area (Å²) in [5.74, 6) is -1.29. The fourth-order valence-electron chi connectivity index (χ4n) is 3.02. The minimum Gasteiger partial charge on any atom is -0.478 e. The van der Waals surface area contributed by atoms with Crippen LogP contribution in [-0.4, -0.2) is 26.8 Å². The summed E-state index contributed by atoms with van der Waals surface area (Å²) < 4.78 is 1.92. The Balaban J connectivity index is 1.70. The lowest BCUT2D eigenvalue weighted by Crippen LogP contribution is -2.16. The van der Waals surface area contributed by atoms with E-state index in [1.54, 1.807) is 18.2 Å². The maximum atomic E-state index is 12.4. The topological polar surface area (TPSA) is 84.2 Å². The summed E-state index contributed by atoms with van der Waals surface area (Å²) in [6, 6.07) is 16.1. The largest absolute Gasteiger partial charge is 0.478 e. The van der Waals surface area contributed by atoms with E-state index < -0.39 is 5.97 Å². The summed E-state index contributed by atoms with van der Waals surface area (Å²) in [5, 5.41) is 16.5. The van der Waals surface area contributed by atoms with E-state index in [0.717, 1.165) is 17.0 Å². The molecule has 1 aromatic heterocycles. The van der Waals surface area contributed by atoms with Gasteiger partial charge in [0.2, 0.25) is 5.91 Å². The molecule has 3 rings (SSSR count). The van der Waals surface area contributed by atoms with Crippen molar-refractivity contribution in [2.45, 2.75) is 26.8 Å². The van der Waals surface area contributed by atoms with Crippen molar-refractivity contribution in [3.63, 3.8) is 0 Å². The Hall–Kier alpha value is -3.41. The summed E-state index contributed by atoms with van der Waals surface area (Å²) in [5.41, 5.74) is 4.37. The molecule has 138 valence electrons. The van der Waals surface area contributed by atoms with Crippen molar-refractivity contribution in [2.75, 3.05) is 5.32 Å². The Morgan fingerprint density at radius 3 is 2.56 bits per heavy atom. The van der Waals surface area contributed by atoms with Gasteiger partial charge in [-0.05, 0) is 49.2 Å². The van der Waals surface area contributed by atoms with Crippen molar-refractivity contribution < 1.29 is 14.7 Å². The molecule has 6 nitrogen and oxygen atoms in total. The van der Waals surface area contributed by atoms with E-state index in [1.165, 1.54) is 6.07 Å². The third-order valence-corrected chi connectivity index (χ3v) is 4.25. The molecule has 1 heterocycles. The number of rotatable bonds is 6. The SMILES string of the molecule is Cc1cc(C)n(Cc2cccc(NC(=O)Cc3ccccc3C(=O)O)c2)n1. The molecule has 0 fully saturated rings. The zero-order valence-electron chi connectivity index (χ0n) is 15.3. The normalized spacial score (nSPS) is 10.6. The monoisotopic (exact) mass is 363 g/mol. The predicted octanol–water partition coefficient (Wildman–Crippen LogP) is 3.43. The van der Waals surface area contributed by atoms with Gasteiger partial charge < -0.3 is 10.4 Å². The van der Waals surface area contributed by atoms with Gasteiger partial charge in [0.05, 0.1) is 24.2 Å². The standard InChI is InChI=1S/C21H21N3O3/c1-14-10-15(2)24(23-14)13-16-6-5-8-18(11-16)22-20(25)12-17-7-3-4-9-19(17)21(26)27/h3-11H,12-13H2,1-2H3,(H,22,25)(H,26,27). The molecule has 0 atom stereocenters. The number of carbonyl (C=O) groups is 2. The zero-order chi connectivity index (χ0) is 19.4. The molecule has 0 aliphatic rings. The fourth-order valence-corrected chi connectivity index (χ4v) is 3.02. The average Bonchev–Trinajstić information content (AvgIpc) is 2.92. The van der Waals surface area contributed by atoms with Crippen LogP contribution in [0.25, 0.3) is 0 Å². The van der Waals surface area contributed by atoms with E-state index in [1.807, 2.05) is 48.9 Å². The number of nitrogens with one attached hydrogen (secondary N) is 1. The fraction of sp³-hybridized carbons (Fsp3) is 0.190. The van der Waals surface area contributed by atoms with Crippen molar-refractivity contribution in [2.24, 2.45) is 0 Å². The Morgan fingerprint density at radius 2 is 1.85 bits per heavy atom.